The number of benzene rings is 1. The molecule has 4 heteroatoms. The van der Waals surface area contributed by atoms with Crippen LogP contribution in [0, 0.1) is 5.92 Å². The highest BCUT2D eigenvalue weighted by Crippen LogP contribution is 2.54. The van der Waals surface area contributed by atoms with Crippen LogP contribution in [0.5, 0.6) is 0 Å². The molecule has 1 aromatic carbocycles. The van der Waals surface area contributed by atoms with Crippen LogP contribution >= 0.6 is 11.3 Å². The molecule has 1 aliphatic heterocycles. The van der Waals surface area contributed by atoms with Crippen molar-refractivity contribution in [3.05, 3.63) is 52.0 Å². The molecule has 122 valence electrons. The predicted molar refractivity (Wildman–Crippen MR) is 93.3 cm³/mol. The van der Waals surface area contributed by atoms with Gasteiger partial charge in [0.1, 0.15) is 5.01 Å². The molecular weight excluding hydrogens is 304 g/mol. The number of aromatic nitrogens is 1. The molecule has 2 aromatic rings. The van der Waals surface area contributed by atoms with Crippen LogP contribution in [-0.4, -0.2) is 23.5 Å². The summed E-state index contributed by atoms with van der Waals surface area (Å²) in [5, 5.41) is 3.28. The quantitative estimate of drug-likeness (QED) is 0.823. The van der Waals surface area contributed by atoms with Gasteiger partial charge in [0.15, 0.2) is 0 Å². The summed E-state index contributed by atoms with van der Waals surface area (Å²) in [6, 6.07) is 11.1. The summed E-state index contributed by atoms with van der Waals surface area (Å²) in [5.74, 6) is 0.815. The summed E-state index contributed by atoms with van der Waals surface area (Å²) in [4.78, 5) is 7.40. The largest absolute Gasteiger partial charge is 0.378 e. The van der Waals surface area contributed by atoms with E-state index in [4.69, 9.17) is 9.72 Å². The molecule has 0 bridgehead atoms. The van der Waals surface area contributed by atoms with E-state index < -0.39 is 0 Å². The zero-order valence-electron chi connectivity index (χ0n) is 13.7. The molecule has 2 aliphatic rings. The lowest BCUT2D eigenvalue weighted by atomic mass is 9.61. The van der Waals surface area contributed by atoms with Gasteiger partial charge in [-0.1, -0.05) is 43.2 Å². The Morgan fingerprint density at radius 2 is 2.17 bits per heavy atom. The molecule has 0 radical (unpaired) electrons. The molecule has 1 saturated heterocycles. The number of rotatable bonds is 5. The first-order chi connectivity index (χ1) is 11.3. The van der Waals surface area contributed by atoms with E-state index >= 15 is 0 Å². The van der Waals surface area contributed by atoms with Gasteiger partial charge >= 0.3 is 0 Å². The molecule has 0 unspecified atom stereocenters. The van der Waals surface area contributed by atoms with Gasteiger partial charge in [0.25, 0.3) is 0 Å². The molecule has 2 fully saturated rings. The Balaban J connectivity index is 1.58. The van der Waals surface area contributed by atoms with Crippen LogP contribution < -0.4 is 0 Å². The van der Waals surface area contributed by atoms with Gasteiger partial charge in [0.05, 0.1) is 17.8 Å². The molecular formula is C19H24N2OS. The van der Waals surface area contributed by atoms with Gasteiger partial charge in [0, 0.05) is 25.6 Å². The van der Waals surface area contributed by atoms with Crippen LogP contribution in [-0.2, 0) is 23.4 Å². The maximum atomic E-state index is 5.20. The van der Waals surface area contributed by atoms with E-state index in [1.807, 2.05) is 0 Å². The monoisotopic (exact) mass is 328 g/mol. The summed E-state index contributed by atoms with van der Waals surface area (Å²) < 4.78 is 5.20. The first kappa shape index (κ1) is 15.3. The number of fused-ring (bicyclic) bond motifs is 1. The molecule has 0 N–H and O–H groups in total. The molecule has 1 aliphatic carbocycles. The van der Waals surface area contributed by atoms with Crippen LogP contribution in [0.3, 0.4) is 0 Å². The minimum atomic E-state index is 0.255. The maximum Gasteiger partial charge on any atom is 0.119 e. The van der Waals surface area contributed by atoms with Crippen molar-refractivity contribution in [3.63, 3.8) is 0 Å². The van der Waals surface area contributed by atoms with Gasteiger partial charge in [-0.3, -0.25) is 4.90 Å². The fourth-order valence-corrected chi connectivity index (χ4v) is 5.26. The summed E-state index contributed by atoms with van der Waals surface area (Å²) >= 11 is 1.71. The second-order valence-electron chi connectivity index (χ2n) is 6.78. The smallest absolute Gasteiger partial charge is 0.119 e. The van der Waals surface area contributed by atoms with Crippen molar-refractivity contribution < 1.29 is 4.74 Å². The van der Waals surface area contributed by atoms with Crippen LogP contribution in [0.2, 0.25) is 0 Å². The van der Waals surface area contributed by atoms with E-state index in [2.05, 4.69) is 40.6 Å². The standard InChI is InChI=1S/C19H24N2OS/c1-22-13-18-20-17(14-23-18)12-21-11-16-9-5-6-10-19(16,21)15-7-3-2-4-8-15/h2-4,7-8,14,16H,5-6,9-13H2,1H3/t16-,19-/m0/s1. The molecule has 1 aromatic heterocycles. The lowest BCUT2D eigenvalue weighted by Gasteiger charge is -2.61. The third-order valence-electron chi connectivity index (χ3n) is 5.53. The predicted octanol–water partition coefficient (Wildman–Crippen LogP) is 4.19. The number of thiazole rings is 1. The molecule has 23 heavy (non-hydrogen) atoms. The van der Waals surface area contributed by atoms with E-state index in [1.165, 1.54) is 43.5 Å². The van der Waals surface area contributed by atoms with Crippen molar-refractivity contribution in [1.82, 2.24) is 9.88 Å². The lowest BCUT2D eigenvalue weighted by molar-refractivity contribution is -0.121. The van der Waals surface area contributed by atoms with Crippen molar-refractivity contribution >= 4 is 11.3 Å². The Bertz CT molecular complexity index is 656. The zero-order valence-corrected chi connectivity index (χ0v) is 14.5. The van der Waals surface area contributed by atoms with Gasteiger partial charge < -0.3 is 4.74 Å². The summed E-state index contributed by atoms with van der Waals surface area (Å²) in [5.41, 5.74) is 2.95. The zero-order chi connectivity index (χ0) is 15.7. The van der Waals surface area contributed by atoms with Gasteiger partial charge in [-0.25, -0.2) is 4.98 Å². The van der Waals surface area contributed by atoms with Crippen molar-refractivity contribution in [2.24, 2.45) is 5.92 Å². The fourth-order valence-electron chi connectivity index (χ4n) is 4.51. The molecule has 4 rings (SSSR count). The Morgan fingerprint density at radius 3 is 2.96 bits per heavy atom. The highest BCUT2D eigenvalue weighted by molar-refractivity contribution is 7.09. The molecule has 2 heterocycles. The Hall–Kier alpha value is -1.23. The van der Waals surface area contributed by atoms with E-state index in [9.17, 15) is 0 Å². The van der Waals surface area contributed by atoms with Crippen LogP contribution in [0.15, 0.2) is 35.7 Å². The van der Waals surface area contributed by atoms with Gasteiger partial charge in [-0.2, -0.15) is 0 Å². The number of nitrogens with zero attached hydrogens (tertiary/aromatic N) is 2. The summed E-state index contributed by atoms with van der Waals surface area (Å²) in [6.45, 7) is 2.80. The number of hydrogen-bond acceptors (Lipinski definition) is 4. The first-order valence-electron chi connectivity index (χ1n) is 8.56. The fraction of sp³-hybridized carbons (Fsp3) is 0.526. The second-order valence-corrected chi connectivity index (χ2v) is 7.72. The maximum absolute atomic E-state index is 5.20. The minimum Gasteiger partial charge on any atom is -0.378 e. The number of methoxy groups -OCH3 is 1. The van der Waals surface area contributed by atoms with Gasteiger partial charge in [0.2, 0.25) is 0 Å². The Kier molecular flexibility index (Phi) is 4.22. The van der Waals surface area contributed by atoms with E-state index in [0.717, 1.165) is 17.5 Å². The molecule has 0 amide bonds. The molecule has 2 atom stereocenters. The molecule has 1 saturated carbocycles. The number of likely N-dealkylation sites (tertiary alicyclic amines) is 1. The van der Waals surface area contributed by atoms with Gasteiger partial charge in [-0.15, -0.1) is 11.3 Å². The van der Waals surface area contributed by atoms with Gasteiger partial charge in [-0.05, 0) is 24.3 Å². The normalized spacial score (nSPS) is 27.4. The summed E-state index contributed by atoms with van der Waals surface area (Å²) in [6.07, 6.45) is 5.39. The van der Waals surface area contributed by atoms with Crippen molar-refractivity contribution in [2.45, 2.75) is 44.4 Å². The SMILES string of the molecule is COCc1nc(CN2C[C@@H]3CCCC[C@]32c2ccccc2)cs1. The highest BCUT2D eigenvalue weighted by atomic mass is 32.1. The van der Waals surface area contributed by atoms with Crippen LogP contribution in [0.1, 0.15) is 41.9 Å². The summed E-state index contributed by atoms with van der Waals surface area (Å²) in [7, 11) is 1.73. The second kappa shape index (κ2) is 6.34. The molecule has 3 nitrogen and oxygen atoms in total. The van der Waals surface area contributed by atoms with Crippen LogP contribution in [0.4, 0.5) is 0 Å². The van der Waals surface area contributed by atoms with Crippen LogP contribution in [0.25, 0.3) is 0 Å². The Labute approximate surface area is 142 Å². The number of hydrogen-bond donors (Lipinski definition) is 0. The Morgan fingerprint density at radius 1 is 1.30 bits per heavy atom. The topological polar surface area (TPSA) is 25.4 Å². The van der Waals surface area contributed by atoms with Crippen molar-refractivity contribution in [3.8, 4) is 0 Å². The third kappa shape index (κ3) is 2.63. The minimum absolute atomic E-state index is 0.255. The third-order valence-corrected chi connectivity index (χ3v) is 6.41. The van der Waals surface area contributed by atoms with E-state index in [1.54, 1.807) is 18.4 Å². The average Bonchev–Trinajstić information content (AvgIpc) is 3.01. The highest BCUT2D eigenvalue weighted by Gasteiger charge is 2.54. The van der Waals surface area contributed by atoms with E-state index in [0.29, 0.717) is 6.61 Å². The van der Waals surface area contributed by atoms with E-state index in [-0.39, 0.29) is 5.54 Å². The lowest BCUT2D eigenvalue weighted by Crippen LogP contribution is -2.65. The number of ether oxygens (including phenoxy) is 1. The average molecular weight is 328 g/mol. The molecule has 0 spiro atoms. The van der Waals surface area contributed by atoms with Crippen molar-refractivity contribution in [2.75, 3.05) is 13.7 Å². The van der Waals surface area contributed by atoms with Crippen molar-refractivity contribution in [1.29, 1.82) is 0 Å². The first-order valence-corrected chi connectivity index (χ1v) is 9.43.